The van der Waals surface area contributed by atoms with Crippen LogP contribution in [0.25, 0.3) is 10.9 Å². The van der Waals surface area contributed by atoms with Crippen LogP contribution in [0.4, 0.5) is 5.69 Å². The zero-order valence-electron chi connectivity index (χ0n) is 18.0. The second kappa shape index (κ2) is 4.80. The number of hydrogen-bond acceptors (Lipinski definition) is 5. The van der Waals surface area contributed by atoms with Gasteiger partial charge in [-0.25, -0.2) is 4.98 Å². The summed E-state index contributed by atoms with van der Waals surface area (Å²) in [5, 5.41) is -0.300. The van der Waals surface area contributed by atoms with Crippen LogP contribution in [0.1, 0.15) is 37.9 Å². The summed E-state index contributed by atoms with van der Waals surface area (Å²) in [6, 6.07) is 1.02. The van der Waals surface area contributed by atoms with Crippen LogP contribution in [0.2, 0.25) is 2.82 Å². The van der Waals surface area contributed by atoms with Gasteiger partial charge >= 0.3 is 0 Å². The molecule has 0 bridgehead atoms. The Hall–Kier alpha value is -2.50. The van der Waals surface area contributed by atoms with Crippen LogP contribution in [0.3, 0.4) is 0 Å². The van der Waals surface area contributed by atoms with Gasteiger partial charge in [-0.2, -0.15) is 0 Å². The van der Waals surface area contributed by atoms with Gasteiger partial charge in [-0.3, -0.25) is 19.0 Å². The maximum atomic E-state index is 13.2. The number of nitrogens with zero attached hydrogens (tertiary/aromatic N) is 2. The van der Waals surface area contributed by atoms with E-state index < -0.39 is 42.3 Å². The molecule has 1 saturated carbocycles. The van der Waals surface area contributed by atoms with Crippen molar-refractivity contribution in [3.63, 3.8) is 0 Å². The third-order valence-corrected chi connectivity index (χ3v) is 3.17. The van der Waals surface area contributed by atoms with Gasteiger partial charge in [-0.05, 0) is 25.4 Å². The molecular formula is C15H15N3O3. The van der Waals surface area contributed by atoms with Crippen molar-refractivity contribution in [2.75, 3.05) is 5.72 Å². The Bertz CT molecular complexity index is 1080. The number of rotatable bonds is 2. The van der Waals surface area contributed by atoms with E-state index in [4.69, 9.17) is 9.68 Å². The van der Waals surface area contributed by atoms with Crippen molar-refractivity contribution in [1.82, 2.24) is 9.55 Å². The SMILES string of the molecule is [2H]N([2H])c1cccc2nc(C)n([C@@]3([2H])C(=O)CC(=O)C([2H])([2H])C3([2H])[2H])c(=O)c12. The first-order chi connectivity index (χ1) is 12.8. The summed E-state index contributed by atoms with van der Waals surface area (Å²) < 4.78 is 55.7. The number of benzene rings is 1. The number of carbonyl (C=O) groups excluding carboxylic acids is 2. The smallest absolute Gasteiger partial charge is 0.264 e. The highest BCUT2D eigenvalue weighted by atomic mass is 16.2. The predicted molar refractivity (Wildman–Crippen MR) is 78.1 cm³/mol. The van der Waals surface area contributed by atoms with Crippen molar-refractivity contribution in [1.29, 1.82) is 0 Å². The third-order valence-electron chi connectivity index (χ3n) is 3.17. The molecule has 0 amide bonds. The summed E-state index contributed by atoms with van der Waals surface area (Å²) in [7, 11) is 0. The molecule has 0 unspecified atom stereocenters. The van der Waals surface area contributed by atoms with Gasteiger partial charge in [-0.1, -0.05) is 6.07 Å². The molecule has 1 aliphatic rings. The molecule has 21 heavy (non-hydrogen) atoms. The van der Waals surface area contributed by atoms with Crippen LogP contribution < -0.4 is 11.3 Å². The molecule has 3 rings (SSSR count). The molecule has 6 heteroatoms. The van der Waals surface area contributed by atoms with Gasteiger partial charge in [0, 0.05) is 17.5 Å². The summed E-state index contributed by atoms with van der Waals surface area (Å²) in [6.07, 6.45) is -7.63. The second-order valence-corrected chi connectivity index (χ2v) is 4.59. The summed E-state index contributed by atoms with van der Waals surface area (Å²) >= 11 is 0. The lowest BCUT2D eigenvalue weighted by atomic mass is 9.92. The summed E-state index contributed by atoms with van der Waals surface area (Å²) in [5.41, 5.74) is -1.09. The Balaban J connectivity index is 2.46. The zero-order valence-corrected chi connectivity index (χ0v) is 11.0. The quantitative estimate of drug-likeness (QED) is 0.661. The van der Waals surface area contributed by atoms with Gasteiger partial charge in [0.15, 0.2) is 8.61 Å². The first-order valence-corrected chi connectivity index (χ1v) is 6.16. The fourth-order valence-corrected chi connectivity index (χ4v) is 2.24. The van der Waals surface area contributed by atoms with E-state index in [1.807, 2.05) is 0 Å². The molecular weight excluding hydrogens is 270 g/mol. The van der Waals surface area contributed by atoms with Crippen molar-refractivity contribution >= 4 is 28.2 Å². The van der Waals surface area contributed by atoms with Crippen molar-refractivity contribution in [2.24, 2.45) is 0 Å². The highest BCUT2D eigenvalue weighted by molar-refractivity contribution is 6.03. The lowest BCUT2D eigenvalue weighted by molar-refractivity contribution is -0.132. The summed E-state index contributed by atoms with van der Waals surface area (Å²) in [4.78, 5) is 41.8. The molecule has 1 atom stereocenters. The number of carbonyl (C=O) groups is 2. The maximum Gasteiger partial charge on any atom is 0.264 e. The minimum atomic E-state index is -3.38. The van der Waals surface area contributed by atoms with Gasteiger partial charge in [0.2, 0.25) is 0 Å². The van der Waals surface area contributed by atoms with Gasteiger partial charge < -0.3 is 5.72 Å². The highest BCUT2D eigenvalue weighted by Crippen LogP contribution is 2.24. The van der Waals surface area contributed by atoms with Gasteiger partial charge in [0.05, 0.1) is 24.7 Å². The van der Waals surface area contributed by atoms with Gasteiger partial charge in [-0.15, -0.1) is 0 Å². The number of nitrogens with two attached hydrogens (primary N) is 1. The molecule has 108 valence electrons. The van der Waals surface area contributed by atoms with Crippen LogP contribution in [-0.2, 0) is 9.59 Å². The predicted octanol–water partition coefficient (Wildman–Crippen LogP) is 1.15. The zero-order chi connectivity index (χ0) is 21.2. The standard InChI is InChI=1S/C15H15N3O3/c1-8-17-11-4-2-3-10(16)14(11)15(21)18(8)12-6-5-9(19)7-13(12)20/h2-4,12H,5-7,16H2,1H3/t12-/m1/s1/i5D2,6D2,12D/hD2. The van der Waals surface area contributed by atoms with Crippen LogP contribution in [0.5, 0.6) is 0 Å². The minimum absolute atomic E-state index is 0.0623. The van der Waals surface area contributed by atoms with E-state index in [1.165, 1.54) is 25.1 Å². The maximum absolute atomic E-state index is 13.2. The van der Waals surface area contributed by atoms with E-state index in [2.05, 4.69) is 4.98 Å². The average Bonchev–Trinajstić information content (AvgIpc) is 2.59. The van der Waals surface area contributed by atoms with E-state index in [0.29, 0.717) is 4.57 Å². The molecule has 1 fully saturated rings. The molecule has 1 aromatic heterocycles. The van der Waals surface area contributed by atoms with Crippen LogP contribution >= 0.6 is 0 Å². The number of ketones is 2. The van der Waals surface area contributed by atoms with Crippen molar-refractivity contribution in [2.45, 2.75) is 32.1 Å². The number of Topliss-reactive ketones (excluding diaryl/α,β-unsaturated/α-hetero) is 2. The lowest BCUT2D eigenvalue weighted by Crippen LogP contribution is -2.36. The van der Waals surface area contributed by atoms with E-state index in [0.717, 1.165) is 0 Å². The van der Waals surface area contributed by atoms with E-state index in [9.17, 15) is 14.4 Å². The monoisotopic (exact) mass is 292 g/mol. The minimum Gasteiger partial charge on any atom is -0.398 e. The Morgan fingerprint density at radius 2 is 2.29 bits per heavy atom. The molecule has 0 aliphatic heterocycles. The van der Waals surface area contributed by atoms with Gasteiger partial charge in [0.25, 0.3) is 5.56 Å². The van der Waals surface area contributed by atoms with Crippen molar-refractivity contribution < 1.29 is 19.3 Å². The Kier molecular flexibility index (Phi) is 1.71. The molecule has 6 nitrogen and oxygen atoms in total. The third kappa shape index (κ3) is 2.12. The molecule has 2 N–H and O–H groups in total. The molecule has 0 saturated heterocycles. The number of anilines is 1. The Morgan fingerprint density at radius 1 is 1.48 bits per heavy atom. The normalized spacial score (nSPS) is 32.1. The van der Waals surface area contributed by atoms with Crippen molar-refractivity contribution in [3.8, 4) is 0 Å². The molecule has 0 spiro atoms. The van der Waals surface area contributed by atoms with E-state index in [-0.39, 0.29) is 28.1 Å². The van der Waals surface area contributed by atoms with E-state index in [1.54, 1.807) is 0 Å². The summed E-state index contributed by atoms with van der Waals surface area (Å²) in [6.45, 7) is 1.25. The number of nitrogen functional groups attached to an aromatic ring is 1. The van der Waals surface area contributed by atoms with Gasteiger partial charge in [0.1, 0.15) is 11.6 Å². The number of fused-ring (bicyclic) bond motifs is 1. The molecule has 2 aromatic rings. The second-order valence-electron chi connectivity index (χ2n) is 4.59. The lowest BCUT2D eigenvalue weighted by Gasteiger charge is -2.24. The first-order valence-electron chi connectivity index (χ1n) is 9.55. The van der Waals surface area contributed by atoms with Crippen LogP contribution in [0.15, 0.2) is 23.0 Å². The topological polar surface area (TPSA) is 95.0 Å². The number of aromatic nitrogens is 2. The average molecular weight is 292 g/mol. The summed E-state index contributed by atoms with van der Waals surface area (Å²) in [5.74, 6) is -2.84. The fraction of sp³-hybridized carbons (Fsp3) is 0.333. The first kappa shape index (κ1) is 7.49. The molecule has 1 aliphatic carbocycles. The molecule has 1 heterocycles. The number of hydrogen-bond donors (Lipinski definition) is 1. The number of aryl methyl sites for hydroxylation is 1. The van der Waals surface area contributed by atoms with Crippen LogP contribution in [0, 0.1) is 6.92 Å². The van der Waals surface area contributed by atoms with E-state index >= 15 is 0 Å². The Morgan fingerprint density at radius 3 is 3.05 bits per heavy atom. The Labute approximate surface area is 130 Å². The fourth-order valence-electron chi connectivity index (χ4n) is 2.24. The molecule has 0 radical (unpaired) electrons. The van der Waals surface area contributed by atoms with Crippen molar-refractivity contribution in [3.05, 3.63) is 34.4 Å². The highest BCUT2D eigenvalue weighted by Gasteiger charge is 2.30. The van der Waals surface area contributed by atoms with Crippen LogP contribution in [-0.4, -0.2) is 21.1 Å². The molecule has 1 aromatic carbocycles. The largest absolute Gasteiger partial charge is 0.398 e.